The fourth-order valence-corrected chi connectivity index (χ4v) is 1.41. The summed E-state index contributed by atoms with van der Waals surface area (Å²) in [5, 5.41) is 5.82. The maximum absolute atomic E-state index is 11.4. The highest BCUT2D eigenvalue weighted by molar-refractivity contribution is 5.85. The molecule has 2 N–H and O–H groups in total. The number of rotatable bonds is 4. The van der Waals surface area contributed by atoms with Gasteiger partial charge in [0, 0.05) is 13.1 Å². The Labute approximate surface area is 95.3 Å². The van der Waals surface area contributed by atoms with Crippen molar-refractivity contribution in [1.82, 2.24) is 10.6 Å². The highest BCUT2D eigenvalue weighted by atomic mass is 35.5. The third-order valence-electron chi connectivity index (χ3n) is 2.29. The van der Waals surface area contributed by atoms with E-state index in [1.165, 1.54) is 7.11 Å². The number of nitrogens with one attached hydrogen (secondary N) is 2. The Bertz CT molecular complexity index is 217. The van der Waals surface area contributed by atoms with Gasteiger partial charge in [-0.2, -0.15) is 0 Å². The van der Waals surface area contributed by atoms with Crippen molar-refractivity contribution >= 4 is 24.3 Å². The van der Waals surface area contributed by atoms with Crippen LogP contribution in [-0.2, 0) is 14.3 Å². The minimum Gasteiger partial charge on any atom is -0.469 e. The molecule has 0 spiro atoms. The summed E-state index contributed by atoms with van der Waals surface area (Å²) in [6.45, 7) is 2.00. The number of carbonyl (C=O) groups excluding carboxylic acids is 2. The van der Waals surface area contributed by atoms with Crippen molar-refractivity contribution in [2.45, 2.75) is 12.8 Å². The summed E-state index contributed by atoms with van der Waals surface area (Å²) < 4.78 is 4.45. The van der Waals surface area contributed by atoms with Gasteiger partial charge in [-0.05, 0) is 13.0 Å². The van der Waals surface area contributed by atoms with Crippen molar-refractivity contribution < 1.29 is 14.3 Å². The Morgan fingerprint density at radius 3 is 2.80 bits per heavy atom. The lowest BCUT2D eigenvalue weighted by Gasteiger charge is -2.08. The maximum atomic E-state index is 11.4. The second kappa shape index (κ2) is 7.48. The van der Waals surface area contributed by atoms with Crippen molar-refractivity contribution in [3.63, 3.8) is 0 Å². The first-order valence-corrected chi connectivity index (χ1v) is 4.79. The molecule has 1 aliphatic heterocycles. The number of esters is 1. The lowest BCUT2D eigenvalue weighted by Crippen LogP contribution is -2.33. The van der Waals surface area contributed by atoms with E-state index >= 15 is 0 Å². The molecule has 0 bridgehead atoms. The Hall–Kier alpha value is -0.810. The van der Waals surface area contributed by atoms with Crippen molar-refractivity contribution in [3.8, 4) is 0 Å². The number of amides is 1. The van der Waals surface area contributed by atoms with Crippen LogP contribution >= 0.6 is 12.4 Å². The van der Waals surface area contributed by atoms with Crippen LogP contribution in [-0.4, -0.2) is 38.6 Å². The molecule has 1 heterocycles. The van der Waals surface area contributed by atoms with Crippen LogP contribution < -0.4 is 10.6 Å². The predicted octanol–water partition coefficient (Wildman–Crippen LogP) is -0.303. The molecule has 6 heteroatoms. The molecule has 1 atom stereocenters. The largest absolute Gasteiger partial charge is 0.469 e. The van der Waals surface area contributed by atoms with E-state index in [2.05, 4.69) is 15.4 Å². The standard InChI is InChI=1S/C9H16N2O3.ClH/c1-14-8(12)3-5-11-9(13)7-2-4-10-6-7;/h7,10H,2-6H2,1H3,(H,11,13);1H/t7-;/m0./s1. The molecule has 0 saturated carbocycles. The first kappa shape index (κ1) is 14.2. The monoisotopic (exact) mass is 236 g/mol. The molecule has 1 aliphatic rings. The van der Waals surface area contributed by atoms with E-state index in [4.69, 9.17) is 0 Å². The van der Waals surface area contributed by atoms with E-state index < -0.39 is 0 Å². The minimum atomic E-state index is -0.296. The van der Waals surface area contributed by atoms with Crippen LogP contribution in [0.5, 0.6) is 0 Å². The van der Waals surface area contributed by atoms with E-state index in [9.17, 15) is 9.59 Å². The van der Waals surface area contributed by atoms with Crippen molar-refractivity contribution in [2.24, 2.45) is 5.92 Å². The summed E-state index contributed by atoms with van der Waals surface area (Å²) in [7, 11) is 1.34. The van der Waals surface area contributed by atoms with Crippen molar-refractivity contribution in [1.29, 1.82) is 0 Å². The van der Waals surface area contributed by atoms with Gasteiger partial charge in [-0.25, -0.2) is 0 Å². The summed E-state index contributed by atoms with van der Waals surface area (Å²) in [6, 6.07) is 0. The number of carbonyl (C=O) groups is 2. The van der Waals surface area contributed by atoms with Gasteiger partial charge in [0.15, 0.2) is 0 Å². The molecule has 1 rings (SSSR count). The predicted molar refractivity (Wildman–Crippen MR) is 57.9 cm³/mol. The topological polar surface area (TPSA) is 67.4 Å². The summed E-state index contributed by atoms with van der Waals surface area (Å²) in [5.74, 6) is -0.207. The van der Waals surface area contributed by atoms with Gasteiger partial charge < -0.3 is 15.4 Å². The Morgan fingerprint density at radius 1 is 1.53 bits per heavy atom. The van der Waals surface area contributed by atoms with E-state index in [0.29, 0.717) is 6.54 Å². The first-order chi connectivity index (χ1) is 6.74. The summed E-state index contributed by atoms with van der Waals surface area (Å²) >= 11 is 0. The second-order valence-corrected chi connectivity index (χ2v) is 3.31. The molecule has 1 fully saturated rings. The molecule has 0 unspecified atom stereocenters. The molecule has 0 aromatic heterocycles. The van der Waals surface area contributed by atoms with Gasteiger partial charge in [-0.15, -0.1) is 12.4 Å². The minimum absolute atomic E-state index is 0. The number of hydrogen-bond acceptors (Lipinski definition) is 4. The molecule has 88 valence electrons. The molecule has 5 nitrogen and oxygen atoms in total. The Balaban J connectivity index is 0.00000196. The van der Waals surface area contributed by atoms with Gasteiger partial charge >= 0.3 is 5.97 Å². The zero-order valence-corrected chi connectivity index (χ0v) is 9.56. The van der Waals surface area contributed by atoms with Gasteiger partial charge in [0.25, 0.3) is 0 Å². The van der Waals surface area contributed by atoms with Gasteiger partial charge in [-0.1, -0.05) is 0 Å². The fraction of sp³-hybridized carbons (Fsp3) is 0.778. The average Bonchev–Trinajstić information content (AvgIpc) is 2.70. The highest BCUT2D eigenvalue weighted by Crippen LogP contribution is 2.06. The van der Waals surface area contributed by atoms with Crippen LogP contribution in [0.25, 0.3) is 0 Å². The second-order valence-electron chi connectivity index (χ2n) is 3.31. The lowest BCUT2D eigenvalue weighted by atomic mass is 10.1. The van der Waals surface area contributed by atoms with Gasteiger partial charge in [0.1, 0.15) is 0 Å². The van der Waals surface area contributed by atoms with E-state index in [1.54, 1.807) is 0 Å². The molecule has 1 amide bonds. The third-order valence-corrected chi connectivity index (χ3v) is 2.29. The van der Waals surface area contributed by atoms with E-state index in [0.717, 1.165) is 19.5 Å². The smallest absolute Gasteiger partial charge is 0.307 e. The molecule has 0 aromatic carbocycles. The van der Waals surface area contributed by atoms with Crippen LogP contribution in [0.3, 0.4) is 0 Å². The normalized spacial score (nSPS) is 19.1. The molecule has 1 saturated heterocycles. The zero-order valence-electron chi connectivity index (χ0n) is 8.75. The Morgan fingerprint density at radius 2 is 2.27 bits per heavy atom. The van der Waals surface area contributed by atoms with Crippen LogP contribution in [0, 0.1) is 5.92 Å². The first-order valence-electron chi connectivity index (χ1n) is 4.79. The summed E-state index contributed by atoms with van der Waals surface area (Å²) in [4.78, 5) is 22.1. The van der Waals surface area contributed by atoms with Crippen molar-refractivity contribution in [2.75, 3.05) is 26.7 Å². The lowest BCUT2D eigenvalue weighted by molar-refractivity contribution is -0.140. The number of halogens is 1. The molecular formula is C9H17ClN2O3. The van der Waals surface area contributed by atoms with E-state index in [-0.39, 0.29) is 36.6 Å². The quantitative estimate of drug-likeness (QED) is 0.658. The third kappa shape index (κ3) is 4.99. The Kier molecular flexibility index (Phi) is 7.07. The molecule has 0 aliphatic carbocycles. The maximum Gasteiger partial charge on any atom is 0.307 e. The average molecular weight is 237 g/mol. The van der Waals surface area contributed by atoms with Crippen molar-refractivity contribution in [3.05, 3.63) is 0 Å². The molecule has 15 heavy (non-hydrogen) atoms. The molecule has 0 aromatic rings. The highest BCUT2D eigenvalue weighted by Gasteiger charge is 2.21. The molecule has 0 radical (unpaired) electrons. The molecular weight excluding hydrogens is 220 g/mol. The summed E-state index contributed by atoms with van der Waals surface area (Å²) in [6.07, 6.45) is 1.12. The number of ether oxygens (including phenoxy) is 1. The van der Waals surface area contributed by atoms with Gasteiger partial charge in [-0.3, -0.25) is 9.59 Å². The van der Waals surface area contributed by atoms with Crippen LogP contribution in [0.2, 0.25) is 0 Å². The van der Waals surface area contributed by atoms with Crippen LogP contribution in [0.15, 0.2) is 0 Å². The summed E-state index contributed by atoms with van der Waals surface area (Å²) in [5.41, 5.74) is 0. The number of methoxy groups -OCH3 is 1. The zero-order chi connectivity index (χ0) is 10.4. The van der Waals surface area contributed by atoms with Crippen LogP contribution in [0.4, 0.5) is 0 Å². The number of hydrogen-bond donors (Lipinski definition) is 2. The fourth-order valence-electron chi connectivity index (χ4n) is 1.41. The van der Waals surface area contributed by atoms with E-state index in [1.807, 2.05) is 0 Å². The van der Waals surface area contributed by atoms with Crippen LogP contribution in [0.1, 0.15) is 12.8 Å². The van der Waals surface area contributed by atoms with Gasteiger partial charge in [0.05, 0.1) is 19.4 Å². The SMILES string of the molecule is COC(=O)CCNC(=O)[C@H]1CCNC1.Cl. The van der Waals surface area contributed by atoms with Gasteiger partial charge in [0.2, 0.25) is 5.91 Å².